The first-order valence-electron chi connectivity index (χ1n) is 5.46. The molecule has 0 atom stereocenters. The van der Waals surface area contributed by atoms with E-state index < -0.39 is 11.8 Å². The van der Waals surface area contributed by atoms with Gasteiger partial charge in [-0.05, 0) is 40.2 Å². The van der Waals surface area contributed by atoms with Crippen molar-refractivity contribution in [1.82, 2.24) is 0 Å². The lowest BCUT2D eigenvalue weighted by atomic mass is 10.3. The summed E-state index contributed by atoms with van der Waals surface area (Å²) >= 11 is 3.08. The Kier molecular flexibility index (Phi) is 4.57. The lowest BCUT2D eigenvalue weighted by Crippen LogP contribution is -2.12. The Bertz CT molecular complexity index is 567. The zero-order valence-electron chi connectivity index (χ0n) is 9.77. The smallest absolute Gasteiger partial charge is 0.374 e. The number of hydrogen-bond acceptors (Lipinski definition) is 4. The molecule has 100 valence electrons. The molecule has 0 radical (unpaired) electrons. The molecule has 0 saturated carbocycles. The zero-order chi connectivity index (χ0) is 13.7. The number of para-hydroxylation sites is 1. The molecule has 0 fully saturated rings. The van der Waals surface area contributed by atoms with Gasteiger partial charge in [-0.15, -0.1) is 0 Å². The van der Waals surface area contributed by atoms with Crippen LogP contribution in [0.15, 0.2) is 45.5 Å². The molecule has 0 bridgehead atoms. The molecule has 0 saturated heterocycles. The number of rotatable bonds is 5. The van der Waals surface area contributed by atoms with E-state index in [1.54, 1.807) is 18.2 Å². The molecule has 0 unspecified atom stereocenters. The summed E-state index contributed by atoms with van der Waals surface area (Å²) in [5, 5.41) is 0. The lowest BCUT2D eigenvalue weighted by Gasteiger charge is -2.07. The van der Waals surface area contributed by atoms with Gasteiger partial charge in [0.2, 0.25) is 5.76 Å². The SMILES string of the molecule is O=C(OCCOc1ccccc1F)c1ccc(Br)o1. The molecule has 0 amide bonds. The minimum Gasteiger partial charge on any atom is -0.487 e. The van der Waals surface area contributed by atoms with Crippen molar-refractivity contribution in [3.63, 3.8) is 0 Å². The summed E-state index contributed by atoms with van der Waals surface area (Å²) < 4.78 is 28.7. The molecule has 6 heteroatoms. The fourth-order valence-corrected chi connectivity index (χ4v) is 1.65. The van der Waals surface area contributed by atoms with E-state index in [1.807, 2.05) is 0 Å². The molecule has 0 aliphatic rings. The Morgan fingerprint density at radius 1 is 1.21 bits per heavy atom. The summed E-state index contributed by atoms with van der Waals surface area (Å²) in [5.74, 6) is -0.830. The number of ether oxygens (including phenoxy) is 2. The normalized spacial score (nSPS) is 10.2. The third-order valence-corrected chi connectivity index (χ3v) is 2.61. The van der Waals surface area contributed by atoms with Gasteiger partial charge in [0.15, 0.2) is 16.2 Å². The zero-order valence-corrected chi connectivity index (χ0v) is 11.4. The monoisotopic (exact) mass is 328 g/mol. The molecule has 1 aromatic carbocycles. The van der Waals surface area contributed by atoms with Crippen LogP contribution in [0.2, 0.25) is 0 Å². The van der Waals surface area contributed by atoms with Crippen LogP contribution in [0.4, 0.5) is 4.39 Å². The van der Waals surface area contributed by atoms with Gasteiger partial charge >= 0.3 is 5.97 Å². The quantitative estimate of drug-likeness (QED) is 0.623. The second-order valence-electron chi connectivity index (χ2n) is 3.52. The first-order valence-corrected chi connectivity index (χ1v) is 6.26. The van der Waals surface area contributed by atoms with E-state index in [0.29, 0.717) is 4.67 Å². The average molecular weight is 329 g/mol. The largest absolute Gasteiger partial charge is 0.487 e. The average Bonchev–Trinajstić information content (AvgIpc) is 2.83. The summed E-state index contributed by atoms with van der Waals surface area (Å²) in [6.45, 7) is 0.0695. The van der Waals surface area contributed by atoms with Crippen LogP contribution in [-0.2, 0) is 4.74 Å². The van der Waals surface area contributed by atoms with E-state index in [1.165, 1.54) is 18.2 Å². The van der Waals surface area contributed by atoms with Crippen molar-refractivity contribution >= 4 is 21.9 Å². The van der Waals surface area contributed by atoms with Crippen molar-refractivity contribution < 1.29 is 23.1 Å². The highest BCUT2D eigenvalue weighted by atomic mass is 79.9. The Balaban J connectivity index is 1.75. The molecule has 0 aliphatic heterocycles. The molecule has 4 nitrogen and oxygen atoms in total. The van der Waals surface area contributed by atoms with Gasteiger partial charge in [-0.25, -0.2) is 9.18 Å². The van der Waals surface area contributed by atoms with Gasteiger partial charge in [-0.3, -0.25) is 0 Å². The number of carbonyl (C=O) groups excluding carboxylic acids is 1. The van der Waals surface area contributed by atoms with Crippen LogP contribution in [0.5, 0.6) is 5.75 Å². The predicted molar refractivity (Wildman–Crippen MR) is 68.6 cm³/mol. The third kappa shape index (κ3) is 3.82. The van der Waals surface area contributed by atoms with Gasteiger partial charge in [0.1, 0.15) is 13.2 Å². The Morgan fingerprint density at radius 3 is 2.68 bits per heavy atom. The summed E-state index contributed by atoms with van der Waals surface area (Å²) in [4.78, 5) is 11.5. The van der Waals surface area contributed by atoms with Crippen molar-refractivity contribution in [3.8, 4) is 5.75 Å². The lowest BCUT2D eigenvalue weighted by molar-refractivity contribution is 0.0411. The van der Waals surface area contributed by atoms with E-state index in [0.717, 1.165) is 0 Å². The van der Waals surface area contributed by atoms with E-state index in [2.05, 4.69) is 15.9 Å². The number of halogens is 2. The second-order valence-corrected chi connectivity index (χ2v) is 4.30. The van der Waals surface area contributed by atoms with Gasteiger partial charge < -0.3 is 13.9 Å². The van der Waals surface area contributed by atoms with Gasteiger partial charge in [-0.2, -0.15) is 0 Å². The number of esters is 1. The maximum Gasteiger partial charge on any atom is 0.374 e. The molecular formula is C13H10BrFO4. The second kappa shape index (κ2) is 6.38. The van der Waals surface area contributed by atoms with Crippen LogP contribution in [0.25, 0.3) is 0 Å². The summed E-state index contributed by atoms with van der Waals surface area (Å²) in [7, 11) is 0. The first-order chi connectivity index (χ1) is 9.16. The maximum absolute atomic E-state index is 13.2. The van der Waals surface area contributed by atoms with Gasteiger partial charge in [-0.1, -0.05) is 12.1 Å². The minimum absolute atomic E-state index is 0.00544. The number of benzene rings is 1. The van der Waals surface area contributed by atoms with E-state index >= 15 is 0 Å². The molecular weight excluding hydrogens is 319 g/mol. The van der Waals surface area contributed by atoms with E-state index in [4.69, 9.17) is 13.9 Å². The van der Waals surface area contributed by atoms with Crippen LogP contribution in [0, 0.1) is 5.82 Å². The van der Waals surface area contributed by atoms with Crippen molar-refractivity contribution in [1.29, 1.82) is 0 Å². The fourth-order valence-electron chi connectivity index (χ4n) is 1.34. The van der Waals surface area contributed by atoms with E-state index in [9.17, 15) is 9.18 Å². The predicted octanol–water partition coefficient (Wildman–Crippen LogP) is 3.42. The molecule has 0 N–H and O–H groups in total. The highest BCUT2D eigenvalue weighted by Crippen LogP contribution is 2.16. The molecule has 0 aliphatic carbocycles. The Morgan fingerprint density at radius 2 is 2.00 bits per heavy atom. The van der Waals surface area contributed by atoms with Crippen molar-refractivity contribution in [2.75, 3.05) is 13.2 Å². The Hall–Kier alpha value is -1.82. The van der Waals surface area contributed by atoms with E-state index in [-0.39, 0.29) is 24.7 Å². The highest BCUT2D eigenvalue weighted by molar-refractivity contribution is 9.10. The van der Waals surface area contributed by atoms with Crippen LogP contribution >= 0.6 is 15.9 Å². The molecule has 19 heavy (non-hydrogen) atoms. The Labute approximate surface area is 117 Å². The molecule has 2 rings (SSSR count). The first kappa shape index (κ1) is 13.6. The molecule has 1 aromatic heterocycles. The van der Waals surface area contributed by atoms with Crippen molar-refractivity contribution in [2.24, 2.45) is 0 Å². The number of hydrogen-bond donors (Lipinski definition) is 0. The van der Waals surface area contributed by atoms with Crippen LogP contribution < -0.4 is 4.74 Å². The fraction of sp³-hybridized carbons (Fsp3) is 0.154. The van der Waals surface area contributed by atoms with Gasteiger partial charge in [0.25, 0.3) is 0 Å². The third-order valence-electron chi connectivity index (χ3n) is 2.19. The summed E-state index contributed by atoms with van der Waals surface area (Å²) in [5.41, 5.74) is 0. The van der Waals surface area contributed by atoms with Gasteiger partial charge in [0.05, 0.1) is 0 Å². The maximum atomic E-state index is 13.2. The van der Waals surface area contributed by atoms with Crippen molar-refractivity contribution in [3.05, 3.63) is 52.6 Å². The standard InChI is InChI=1S/C13H10BrFO4/c14-12-6-5-11(19-12)13(16)18-8-7-17-10-4-2-1-3-9(10)15/h1-6H,7-8H2. The number of furan rings is 1. The van der Waals surface area contributed by atoms with Crippen molar-refractivity contribution in [2.45, 2.75) is 0 Å². The topological polar surface area (TPSA) is 48.7 Å². The van der Waals surface area contributed by atoms with Gasteiger partial charge in [0, 0.05) is 0 Å². The number of carbonyl (C=O) groups is 1. The highest BCUT2D eigenvalue weighted by Gasteiger charge is 2.11. The summed E-state index contributed by atoms with van der Waals surface area (Å²) in [6, 6.07) is 9.10. The molecule has 1 heterocycles. The van der Waals surface area contributed by atoms with Crippen LogP contribution in [0.1, 0.15) is 10.6 Å². The molecule has 2 aromatic rings. The van der Waals surface area contributed by atoms with Crippen LogP contribution in [-0.4, -0.2) is 19.2 Å². The minimum atomic E-state index is -0.595. The molecule has 0 spiro atoms. The van der Waals surface area contributed by atoms with Crippen LogP contribution in [0.3, 0.4) is 0 Å². The summed E-state index contributed by atoms with van der Waals surface area (Å²) in [6.07, 6.45) is 0.